The number of hydrogen-bond acceptors (Lipinski definition) is 6. The Morgan fingerprint density at radius 3 is 2.35 bits per heavy atom. The van der Waals surface area contributed by atoms with E-state index in [4.69, 9.17) is 33.7 Å². The van der Waals surface area contributed by atoms with Gasteiger partial charge >= 0.3 is 0 Å². The maximum absolute atomic E-state index is 12.1. The van der Waals surface area contributed by atoms with E-state index < -0.39 is 28.1 Å². The van der Waals surface area contributed by atoms with Crippen molar-refractivity contribution in [3.63, 3.8) is 0 Å². The predicted molar refractivity (Wildman–Crippen MR) is 78.9 cm³/mol. The molecular weight excluding hydrogens is 347 g/mol. The zero-order chi connectivity index (χ0) is 15.7. The van der Waals surface area contributed by atoms with Crippen LogP contribution < -0.4 is 10.5 Å². The molecule has 1 aromatic rings. The molecule has 2 atom stereocenters. The van der Waals surface area contributed by atoms with Gasteiger partial charge in [0.15, 0.2) is 0 Å². The number of amides is 1. The highest BCUT2D eigenvalue weighted by Gasteiger charge is 2.30. The number of nitrogens with two attached hydrogens (primary N) is 1. The number of halogens is 2. The van der Waals surface area contributed by atoms with Gasteiger partial charge in [0.05, 0.1) is 10.4 Å². The van der Waals surface area contributed by atoms with Gasteiger partial charge in [0.25, 0.3) is 15.9 Å². The van der Waals surface area contributed by atoms with Crippen LogP contribution in [0.15, 0.2) is 4.90 Å². The summed E-state index contributed by atoms with van der Waals surface area (Å²) < 4.78 is 31.3. The number of carbonyl (C=O) groups is 1. The topological polar surface area (TPSA) is 98.5 Å². The molecule has 0 aliphatic carbocycles. The Bertz CT molecular complexity index is 615. The molecule has 0 spiro atoms. The zero-order valence-electron chi connectivity index (χ0n) is 10.9. The third-order valence-electron chi connectivity index (χ3n) is 2.68. The molecule has 1 aromatic heterocycles. The Hall–Kier alpha value is -0.380. The zero-order valence-corrected chi connectivity index (χ0v) is 14.1. The lowest BCUT2D eigenvalue weighted by Crippen LogP contribution is -2.49. The molecule has 1 rings (SSSR count). The number of ether oxygens (including phenoxy) is 1. The molecule has 0 radical (unpaired) electrons. The highest BCUT2D eigenvalue weighted by molar-refractivity contribution is 7.90. The summed E-state index contributed by atoms with van der Waals surface area (Å²) in [6, 6.07) is -1.12. The third-order valence-corrected chi connectivity index (χ3v) is 6.24. The predicted octanol–water partition coefficient (Wildman–Crippen LogP) is 1.53. The fraction of sp³-hybridized carbons (Fsp3) is 0.500. The first-order chi connectivity index (χ1) is 9.11. The molecule has 0 aromatic carbocycles. The van der Waals surface area contributed by atoms with Crippen LogP contribution >= 0.6 is 34.5 Å². The van der Waals surface area contributed by atoms with Gasteiger partial charge in [-0.15, -0.1) is 11.3 Å². The quantitative estimate of drug-likeness (QED) is 0.829. The van der Waals surface area contributed by atoms with Gasteiger partial charge in [-0.05, 0) is 13.8 Å². The van der Waals surface area contributed by atoms with Crippen molar-refractivity contribution in [2.24, 2.45) is 5.73 Å². The molecule has 0 unspecified atom stereocenters. The van der Waals surface area contributed by atoms with Crippen molar-refractivity contribution in [2.45, 2.75) is 30.9 Å². The van der Waals surface area contributed by atoms with Crippen LogP contribution in [0, 0.1) is 6.92 Å². The lowest BCUT2D eigenvalue weighted by Gasteiger charge is -2.17. The van der Waals surface area contributed by atoms with Crippen molar-refractivity contribution < 1.29 is 17.9 Å². The molecule has 0 fully saturated rings. The average Bonchev–Trinajstić information content (AvgIpc) is 2.60. The summed E-state index contributed by atoms with van der Waals surface area (Å²) in [6.45, 7) is 3.05. The Labute approximate surface area is 131 Å². The van der Waals surface area contributed by atoms with Crippen LogP contribution in [-0.4, -0.2) is 33.6 Å². The van der Waals surface area contributed by atoms with E-state index in [0.717, 1.165) is 11.3 Å². The minimum Gasteiger partial charge on any atom is -0.380 e. The molecule has 1 heterocycles. The van der Waals surface area contributed by atoms with E-state index in [1.54, 1.807) is 6.92 Å². The normalized spacial score (nSPS) is 14.9. The molecule has 0 aliphatic rings. The van der Waals surface area contributed by atoms with E-state index in [9.17, 15) is 13.2 Å². The molecule has 0 aliphatic heterocycles. The van der Waals surface area contributed by atoms with Crippen LogP contribution in [0.4, 0.5) is 0 Å². The highest BCUT2D eigenvalue weighted by atomic mass is 35.5. The summed E-state index contributed by atoms with van der Waals surface area (Å²) in [7, 11) is -2.76. The van der Waals surface area contributed by atoms with Gasteiger partial charge < -0.3 is 10.5 Å². The van der Waals surface area contributed by atoms with E-state index in [2.05, 4.69) is 0 Å². The van der Waals surface area contributed by atoms with Crippen LogP contribution in [0.3, 0.4) is 0 Å². The van der Waals surface area contributed by atoms with Crippen LogP contribution in [-0.2, 0) is 19.6 Å². The minimum absolute atomic E-state index is 0.0128. The summed E-state index contributed by atoms with van der Waals surface area (Å²) in [5.74, 6) is -0.878. The molecule has 6 nitrogen and oxygen atoms in total. The number of thiophene rings is 1. The molecule has 1 amide bonds. The van der Waals surface area contributed by atoms with Gasteiger partial charge in [-0.1, -0.05) is 23.2 Å². The Kier molecular flexibility index (Phi) is 5.82. The Morgan fingerprint density at radius 1 is 1.40 bits per heavy atom. The summed E-state index contributed by atoms with van der Waals surface area (Å²) in [5.41, 5.74) is 5.87. The minimum atomic E-state index is -4.13. The molecule has 10 heteroatoms. The van der Waals surface area contributed by atoms with Crippen molar-refractivity contribution in [2.75, 3.05) is 7.11 Å². The van der Waals surface area contributed by atoms with Crippen LogP contribution in [0.1, 0.15) is 12.5 Å². The van der Waals surface area contributed by atoms with Gasteiger partial charge in [-0.2, -0.15) is 0 Å². The molecule has 0 saturated heterocycles. The smallest absolute Gasteiger partial charge is 0.266 e. The summed E-state index contributed by atoms with van der Waals surface area (Å²) in [5, 5.41) is 0. The molecular formula is C10H14Cl2N2O4S2. The highest BCUT2D eigenvalue weighted by Crippen LogP contribution is 2.38. The average molecular weight is 361 g/mol. The fourth-order valence-corrected chi connectivity index (χ4v) is 4.93. The Morgan fingerprint density at radius 2 is 1.95 bits per heavy atom. The number of hydrogen-bond donors (Lipinski definition) is 2. The van der Waals surface area contributed by atoms with E-state index in [-0.39, 0.29) is 19.1 Å². The van der Waals surface area contributed by atoms with Crippen molar-refractivity contribution in [1.82, 2.24) is 4.72 Å². The van der Waals surface area contributed by atoms with E-state index in [1.807, 2.05) is 4.72 Å². The van der Waals surface area contributed by atoms with E-state index >= 15 is 0 Å². The van der Waals surface area contributed by atoms with Crippen molar-refractivity contribution in [3.8, 4) is 0 Å². The van der Waals surface area contributed by atoms with Crippen LogP contribution in [0.2, 0.25) is 8.67 Å². The van der Waals surface area contributed by atoms with Crippen molar-refractivity contribution >= 4 is 50.5 Å². The number of carbonyl (C=O) groups excluding carboxylic acids is 1. The van der Waals surface area contributed by atoms with Crippen LogP contribution in [0.25, 0.3) is 0 Å². The number of nitrogens with one attached hydrogen (secondary N) is 1. The number of sulfonamides is 1. The van der Waals surface area contributed by atoms with Crippen molar-refractivity contribution in [3.05, 3.63) is 14.2 Å². The first-order valence-corrected chi connectivity index (χ1v) is 8.46. The second kappa shape index (κ2) is 6.59. The largest absolute Gasteiger partial charge is 0.380 e. The monoisotopic (exact) mass is 360 g/mol. The molecule has 20 heavy (non-hydrogen) atoms. The van der Waals surface area contributed by atoms with E-state index in [0.29, 0.717) is 0 Å². The van der Waals surface area contributed by atoms with Gasteiger partial charge in [-0.3, -0.25) is 4.79 Å². The third kappa shape index (κ3) is 3.63. The van der Waals surface area contributed by atoms with Gasteiger partial charge in [0, 0.05) is 12.7 Å². The number of methoxy groups -OCH3 is 1. The molecule has 0 bridgehead atoms. The number of rotatable bonds is 5. The van der Waals surface area contributed by atoms with Gasteiger partial charge in [0.1, 0.15) is 15.3 Å². The second-order valence-corrected chi connectivity index (χ2v) is 7.88. The molecule has 114 valence electrons. The Balaban J connectivity index is 3.05. The van der Waals surface area contributed by atoms with Crippen LogP contribution in [0.5, 0.6) is 0 Å². The fourth-order valence-electron chi connectivity index (χ4n) is 1.36. The first-order valence-electron chi connectivity index (χ1n) is 5.41. The first kappa shape index (κ1) is 17.7. The van der Waals surface area contributed by atoms with E-state index in [1.165, 1.54) is 14.0 Å². The van der Waals surface area contributed by atoms with Crippen molar-refractivity contribution in [1.29, 1.82) is 0 Å². The maximum Gasteiger partial charge on any atom is 0.266 e. The standard InChI is InChI=1S/C10H14Cl2N2O4S2/c1-4-7(9(12)19-8(4)11)20(16,17)14-10(15)6(13)5(2)18-3/h5-6H,13H2,1-3H3,(H,14,15)/t5-,6+/m1/s1. The van der Waals surface area contributed by atoms with Gasteiger partial charge in [0.2, 0.25) is 0 Å². The SMILES string of the molecule is CO[C@H](C)[C@H](N)C(=O)NS(=O)(=O)c1c(Cl)sc(Cl)c1C. The lowest BCUT2D eigenvalue weighted by atomic mass is 10.2. The summed E-state index contributed by atoms with van der Waals surface area (Å²) in [6.07, 6.45) is -0.632. The summed E-state index contributed by atoms with van der Waals surface area (Å²) >= 11 is 12.6. The second-order valence-electron chi connectivity index (χ2n) is 4.04. The lowest BCUT2D eigenvalue weighted by molar-refractivity contribution is -0.123. The molecule has 3 N–H and O–H groups in total. The summed E-state index contributed by atoms with van der Waals surface area (Å²) in [4.78, 5) is 11.6. The van der Waals surface area contributed by atoms with Gasteiger partial charge in [-0.25, -0.2) is 13.1 Å². The molecule has 0 saturated carbocycles. The maximum atomic E-state index is 12.1.